The van der Waals surface area contributed by atoms with E-state index in [1.807, 2.05) is 0 Å². The van der Waals surface area contributed by atoms with Crippen molar-refractivity contribution < 1.29 is 4.42 Å². The highest BCUT2D eigenvalue weighted by atomic mass is 16.3. The molecule has 0 saturated carbocycles. The van der Waals surface area contributed by atoms with Gasteiger partial charge in [-0.25, -0.2) is 0 Å². The van der Waals surface area contributed by atoms with Gasteiger partial charge in [-0.3, -0.25) is 0 Å². The number of hydrogen-bond donors (Lipinski definition) is 0. The average Bonchev–Trinajstić information content (AvgIpc) is 3.88. The number of benzene rings is 10. The maximum Gasteiger partial charge on any atom is 0.143 e. The summed E-state index contributed by atoms with van der Waals surface area (Å²) in [5.74, 6) is 0. The number of furan rings is 1. The van der Waals surface area contributed by atoms with Gasteiger partial charge in [0.05, 0.1) is 22.2 Å². The largest absolute Gasteiger partial charge is 0.455 e. The maximum absolute atomic E-state index is 6.88. The lowest BCUT2D eigenvalue weighted by molar-refractivity contribution is 0.670. The van der Waals surface area contributed by atoms with E-state index in [1.165, 1.54) is 55.3 Å². The average molecular weight is 778 g/mol. The van der Waals surface area contributed by atoms with Crippen LogP contribution in [0.5, 0.6) is 0 Å². The van der Waals surface area contributed by atoms with Gasteiger partial charge in [-0.1, -0.05) is 200 Å². The zero-order valence-electron chi connectivity index (χ0n) is 33.4. The van der Waals surface area contributed by atoms with E-state index in [1.54, 1.807) is 0 Å². The SMILES string of the molecule is c1ccc(-c2cccc3c2oc2cccc(N(c4ccc(-c5ccc6ccccc6c5)cc4)c4cccc5c4-c4ccccc4C5(c4ccccc4)c4ccccc4)c23)cc1. The lowest BCUT2D eigenvalue weighted by Gasteiger charge is -2.34. The number of nitrogens with zero attached hydrogens (tertiary/aromatic N) is 1. The molecule has 1 aliphatic carbocycles. The van der Waals surface area contributed by atoms with Gasteiger partial charge in [0.25, 0.3) is 0 Å². The normalized spacial score (nSPS) is 12.7. The second-order valence-electron chi connectivity index (χ2n) is 16.0. The fourth-order valence-corrected chi connectivity index (χ4v) is 10.1. The summed E-state index contributed by atoms with van der Waals surface area (Å²) in [6.45, 7) is 0. The smallest absolute Gasteiger partial charge is 0.143 e. The molecule has 1 aliphatic rings. The molecule has 0 amide bonds. The minimum Gasteiger partial charge on any atom is -0.455 e. The molecule has 0 atom stereocenters. The van der Waals surface area contributed by atoms with E-state index in [9.17, 15) is 0 Å². The van der Waals surface area contributed by atoms with E-state index in [0.29, 0.717) is 0 Å². The summed E-state index contributed by atoms with van der Waals surface area (Å²) in [7, 11) is 0. The minimum atomic E-state index is -0.533. The Bertz CT molecular complexity index is 3360. The fraction of sp³-hybridized carbons (Fsp3) is 0.0169. The van der Waals surface area contributed by atoms with Crippen LogP contribution in [-0.2, 0) is 5.41 Å². The zero-order valence-corrected chi connectivity index (χ0v) is 33.4. The highest BCUT2D eigenvalue weighted by Gasteiger charge is 2.47. The van der Waals surface area contributed by atoms with Crippen LogP contribution in [-0.4, -0.2) is 0 Å². The third-order valence-electron chi connectivity index (χ3n) is 12.7. The van der Waals surface area contributed by atoms with Gasteiger partial charge in [-0.05, 0) is 91.7 Å². The van der Waals surface area contributed by atoms with Gasteiger partial charge < -0.3 is 9.32 Å². The van der Waals surface area contributed by atoms with Crippen molar-refractivity contribution in [2.75, 3.05) is 4.90 Å². The second kappa shape index (κ2) is 14.1. The summed E-state index contributed by atoms with van der Waals surface area (Å²) in [4.78, 5) is 2.47. The summed E-state index contributed by atoms with van der Waals surface area (Å²) in [5.41, 5.74) is 16.5. The van der Waals surface area contributed by atoms with Crippen molar-refractivity contribution in [3.8, 4) is 33.4 Å². The third kappa shape index (κ3) is 5.43. The molecule has 12 rings (SSSR count). The zero-order chi connectivity index (χ0) is 40.3. The first-order chi connectivity index (χ1) is 30.3. The van der Waals surface area contributed by atoms with Gasteiger partial charge in [0.2, 0.25) is 0 Å². The molecule has 11 aromatic rings. The second-order valence-corrected chi connectivity index (χ2v) is 16.0. The van der Waals surface area contributed by atoms with Gasteiger partial charge in [0, 0.05) is 22.2 Å². The molecule has 0 aliphatic heterocycles. The predicted molar refractivity (Wildman–Crippen MR) is 254 cm³/mol. The molecule has 1 heterocycles. The lowest BCUT2D eigenvalue weighted by Crippen LogP contribution is -2.28. The van der Waals surface area contributed by atoms with Gasteiger partial charge >= 0.3 is 0 Å². The van der Waals surface area contributed by atoms with Crippen LogP contribution in [0.2, 0.25) is 0 Å². The van der Waals surface area contributed by atoms with Crippen LogP contribution < -0.4 is 4.90 Å². The highest BCUT2D eigenvalue weighted by molar-refractivity contribution is 6.17. The molecule has 0 bridgehead atoms. The van der Waals surface area contributed by atoms with E-state index in [0.717, 1.165) is 50.1 Å². The molecule has 2 heteroatoms. The molecular weight excluding hydrogens is 739 g/mol. The first kappa shape index (κ1) is 35.0. The van der Waals surface area contributed by atoms with Crippen LogP contribution in [0, 0.1) is 0 Å². The van der Waals surface area contributed by atoms with Crippen molar-refractivity contribution in [3.63, 3.8) is 0 Å². The Morgan fingerprint density at radius 3 is 1.74 bits per heavy atom. The van der Waals surface area contributed by atoms with E-state index >= 15 is 0 Å². The Hall–Kier alpha value is -7.94. The quantitative estimate of drug-likeness (QED) is 0.160. The molecule has 10 aromatic carbocycles. The van der Waals surface area contributed by atoms with Gasteiger partial charge in [-0.15, -0.1) is 0 Å². The molecule has 2 nitrogen and oxygen atoms in total. The van der Waals surface area contributed by atoms with E-state index in [2.05, 4.69) is 241 Å². The van der Waals surface area contributed by atoms with Crippen LogP contribution in [0.3, 0.4) is 0 Å². The minimum absolute atomic E-state index is 0.533. The molecule has 0 spiro atoms. The monoisotopic (exact) mass is 777 g/mol. The highest BCUT2D eigenvalue weighted by Crippen LogP contribution is 2.60. The number of anilines is 3. The van der Waals surface area contributed by atoms with E-state index < -0.39 is 5.41 Å². The lowest BCUT2D eigenvalue weighted by atomic mass is 9.68. The Kier molecular flexibility index (Phi) is 8.11. The van der Waals surface area contributed by atoms with Crippen molar-refractivity contribution in [1.29, 1.82) is 0 Å². The van der Waals surface area contributed by atoms with Crippen LogP contribution in [0.25, 0.3) is 66.1 Å². The molecule has 1 aromatic heterocycles. The van der Waals surface area contributed by atoms with Crippen LogP contribution in [0.1, 0.15) is 22.3 Å². The Morgan fingerprint density at radius 2 is 0.967 bits per heavy atom. The Labute approximate surface area is 355 Å². The Morgan fingerprint density at radius 1 is 0.377 bits per heavy atom. The van der Waals surface area contributed by atoms with Crippen LogP contribution in [0.15, 0.2) is 241 Å². The first-order valence-corrected chi connectivity index (χ1v) is 21.0. The maximum atomic E-state index is 6.88. The molecule has 0 saturated heterocycles. The number of rotatable bonds is 7. The summed E-state index contributed by atoms with van der Waals surface area (Å²) in [6, 6.07) is 85.9. The van der Waals surface area contributed by atoms with E-state index in [4.69, 9.17) is 4.42 Å². The predicted octanol–water partition coefficient (Wildman–Crippen LogP) is 15.9. The Balaban J connectivity index is 1.14. The topological polar surface area (TPSA) is 16.4 Å². The van der Waals surface area contributed by atoms with Crippen molar-refractivity contribution in [2.45, 2.75) is 5.41 Å². The molecular formula is C59H39NO. The summed E-state index contributed by atoms with van der Waals surface area (Å²) < 4.78 is 6.88. The van der Waals surface area contributed by atoms with Gasteiger partial charge in [-0.2, -0.15) is 0 Å². The molecule has 0 N–H and O–H groups in total. The molecule has 61 heavy (non-hydrogen) atoms. The van der Waals surface area contributed by atoms with Crippen LogP contribution in [0.4, 0.5) is 17.1 Å². The molecule has 286 valence electrons. The number of fused-ring (bicyclic) bond motifs is 7. The summed E-state index contributed by atoms with van der Waals surface area (Å²) >= 11 is 0. The number of hydrogen-bond acceptors (Lipinski definition) is 2. The van der Waals surface area contributed by atoms with Gasteiger partial charge in [0.15, 0.2) is 0 Å². The number of para-hydroxylation sites is 1. The van der Waals surface area contributed by atoms with Crippen molar-refractivity contribution in [2.24, 2.45) is 0 Å². The fourth-order valence-electron chi connectivity index (χ4n) is 10.1. The van der Waals surface area contributed by atoms with Crippen molar-refractivity contribution >= 4 is 49.8 Å². The molecule has 0 fully saturated rings. The summed E-state index contributed by atoms with van der Waals surface area (Å²) in [5, 5.41) is 4.64. The van der Waals surface area contributed by atoms with Crippen molar-refractivity contribution in [1.82, 2.24) is 0 Å². The van der Waals surface area contributed by atoms with Crippen LogP contribution >= 0.6 is 0 Å². The van der Waals surface area contributed by atoms with Gasteiger partial charge in [0.1, 0.15) is 11.2 Å². The summed E-state index contributed by atoms with van der Waals surface area (Å²) in [6.07, 6.45) is 0. The van der Waals surface area contributed by atoms with E-state index in [-0.39, 0.29) is 0 Å². The first-order valence-electron chi connectivity index (χ1n) is 21.0. The van der Waals surface area contributed by atoms with Crippen molar-refractivity contribution in [3.05, 3.63) is 259 Å². The third-order valence-corrected chi connectivity index (χ3v) is 12.7. The standard InChI is InChI=1S/C59H39NO/c1-4-18-42(19-5-1)48-26-14-27-50-57-54(31-16-32-55(57)61-58(48)50)60(47-37-35-41(36-38-47)44-34-33-40-17-10-11-20-43(40)39-44)53-30-15-29-52-56(53)49-25-12-13-28-51(49)59(52,45-21-6-2-7-22-45)46-23-8-3-9-24-46/h1-39H. The molecule has 0 radical (unpaired) electrons. The molecule has 0 unspecified atom stereocenters.